The van der Waals surface area contributed by atoms with Crippen LogP contribution in [0.15, 0.2) is 90.4 Å². The summed E-state index contributed by atoms with van der Waals surface area (Å²) in [5, 5.41) is 18.6. The number of aliphatic hydroxyl groups excluding tert-OH is 1. The molecule has 1 saturated heterocycles. The molecule has 0 spiro atoms. The molecule has 1 aliphatic heterocycles. The third-order valence-electron chi connectivity index (χ3n) is 10.7. The van der Waals surface area contributed by atoms with Crippen molar-refractivity contribution in [2.45, 2.75) is 84.7 Å². The van der Waals surface area contributed by atoms with Crippen molar-refractivity contribution >= 4 is 47.7 Å². The number of aryl methyl sites for hydroxylation is 1. The lowest BCUT2D eigenvalue weighted by Crippen LogP contribution is -2.66. The van der Waals surface area contributed by atoms with Crippen LogP contribution in [0.25, 0.3) is 10.4 Å². The predicted octanol–water partition coefficient (Wildman–Crippen LogP) is 4.85. The van der Waals surface area contributed by atoms with Crippen LogP contribution < -0.4 is 21.0 Å². The van der Waals surface area contributed by atoms with Crippen LogP contribution in [0.2, 0.25) is 5.04 Å². The summed E-state index contributed by atoms with van der Waals surface area (Å²) in [4.78, 5) is 47.2. The number of thiazole rings is 1. The quantitative estimate of drug-likeness (QED) is 0.0839. The van der Waals surface area contributed by atoms with Gasteiger partial charge in [-0.05, 0) is 38.9 Å². The van der Waals surface area contributed by atoms with E-state index in [1.807, 2.05) is 69.6 Å². The van der Waals surface area contributed by atoms with E-state index in [1.165, 1.54) is 15.3 Å². The second-order valence-corrected chi connectivity index (χ2v) is 22.4. The molecule has 2 heterocycles. The van der Waals surface area contributed by atoms with Crippen molar-refractivity contribution < 1.29 is 38.1 Å². The van der Waals surface area contributed by atoms with Gasteiger partial charge < -0.3 is 39.3 Å². The zero-order valence-corrected chi connectivity index (χ0v) is 37.9. The zero-order chi connectivity index (χ0) is 43.3. The van der Waals surface area contributed by atoms with Crippen LogP contribution in [0.3, 0.4) is 0 Å². The van der Waals surface area contributed by atoms with Gasteiger partial charge in [-0.25, -0.2) is 4.98 Å². The molecule has 4 aromatic rings. The molecule has 0 aliphatic carbocycles. The average Bonchev–Trinajstić information content (AvgIpc) is 3.84. The number of carbonyl (C=O) groups excluding carboxylic acids is 3. The monoisotopic (exact) mass is 858 g/mol. The van der Waals surface area contributed by atoms with Gasteiger partial charge in [-0.2, -0.15) is 0 Å². The van der Waals surface area contributed by atoms with Crippen LogP contribution in [0.4, 0.5) is 0 Å². The Kier molecular flexibility index (Phi) is 16.8. The van der Waals surface area contributed by atoms with Crippen molar-refractivity contribution in [2.24, 2.45) is 5.41 Å². The van der Waals surface area contributed by atoms with Crippen molar-refractivity contribution in [1.29, 1.82) is 0 Å². The first-order valence-corrected chi connectivity index (χ1v) is 23.4. The normalized spacial score (nSPS) is 16.4. The van der Waals surface area contributed by atoms with E-state index in [-0.39, 0.29) is 50.3 Å². The van der Waals surface area contributed by atoms with Crippen molar-refractivity contribution in [1.82, 2.24) is 20.5 Å². The highest BCUT2D eigenvalue weighted by Gasteiger charge is 2.50. The number of nitrogens with zero attached hydrogens (tertiary/aromatic N) is 2. The topological polar surface area (TPSA) is 149 Å². The van der Waals surface area contributed by atoms with Gasteiger partial charge in [0.15, 0.2) is 0 Å². The highest BCUT2D eigenvalue weighted by Crippen LogP contribution is 2.36. The number of amides is 3. The maximum absolute atomic E-state index is 13.9. The molecule has 14 heteroatoms. The van der Waals surface area contributed by atoms with Crippen molar-refractivity contribution in [2.75, 3.05) is 52.8 Å². The Balaban J connectivity index is 1.01. The van der Waals surface area contributed by atoms with E-state index in [2.05, 4.69) is 84.9 Å². The fraction of sp³-hybridized carbons (Fsp3) is 0.478. The largest absolute Gasteiger partial charge is 0.405 e. The highest BCUT2D eigenvalue weighted by molar-refractivity contribution is 7.13. The zero-order valence-electron chi connectivity index (χ0n) is 36.1. The number of hydrogen-bond acceptors (Lipinski definition) is 10. The van der Waals surface area contributed by atoms with Gasteiger partial charge in [0.1, 0.15) is 18.7 Å². The summed E-state index contributed by atoms with van der Waals surface area (Å²) in [6, 6.07) is 27.1. The molecule has 60 heavy (non-hydrogen) atoms. The number of hydrogen-bond donors (Lipinski definition) is 3. The summed E-state index contributed by atoms with van der Waals surface area (Å²) in [6.45, 7) is 16.2. The maximum Gasteiger partial charge on any atom is 0.261 e. The Morgan fingerprint density at radius 1 is 0.833 bits per heavy atom. The van der Waals surface area contributed by atoms with Crippen LogP contribution in [0.1, 0.15) is 59.2 Å². The fourth-order valence-corrected chi connectivity index (χ4v) is 13.0. The Labute approximate surface area is 360 Å². The van der Waals surface area contributed by atoms with Crippen molar-refractivity contribution in [3.05, 3.63) is 102 Å². The summed E-state index contributed by atoms with van der Waals surface area (Å²) >= 11 is 1.58. The van der Waals surface area contributed by atoms with E-state index < -0.39 is 43.7 Å². The van der Waals surface area contributed by atoms with E-state index in [0.717, 1.165) is 21.7 Å². The van der Waals surface area contributed by atoms with Gasteiger partial charge >= 0.3 is 0 Å². The van der Waals surface area contributed by atoms with Crippen molar-refractivity contribution in [3.8, 4) is 10.4 Å². The minimum Gasteiger partial charge on any atom is -0.405 e. The summed E-state index contributed by atoms with van der Waals surface area (Å²) in [5.41, 5.74) is 4.05. The van der Waals surface area contributed by atoms with Gasteiger partial charge in [0.05, 0.1) is 61.8 Å². The summed E-state index contributed by atoms with van der Waals surface area (Å²) in [7, 11) is -2.63. The average molecular weight is 859 g/mol. The molecule has 0 unspecified atom stereocenters. The molecule has 3 N–H and O–H groups in total. The first-order chi connectivity index (χ1) is 28.6. The number of aliphatic hydroxyl groups is 1. The Morgan fingerprint density at radius 3 is 1.93 bits per heavy atom. The van der Waals surface area contributed by atoms with Gasteiger partial charge in [-0.15, -0.1) is 11.3 Å². The highest BCUT2D eigenvalue weighted by atomic mass is 32.1. The van der Waals surface area contributed by atoms with E-state index in [0.29, 0.717) is 26.4 Å². The minimum absolute atomic E-state index is 0.00631. The second kappa shape index (κ2) is 21.5. The van der Waals surface area contributed by atoms with Crippen LogP contribution >= 0.6 is 11.3 Å². The van der Waals surface area contributed by atoms with Crippen LogP contribution in [-0.4, -0.2) is 112 Å². The molecule has 0 saturated carbocycles. The standard InChI is InChI=1S/C46H62N4O8SSi/c1-33-41(59-32-48-33)35-20-18-34(19-21-35)29-47-43(53)39-28-36(51)30-50(39)44(54)42(45(2,3)4)49-40(52)31-57-25-24-55-22-23-56-26-27-58-60(46(5,6)7,37-14-10-8-11-15-37)38-16-12-9-13-17-38/h8-21,32,36,39,42,51H,22-31H2,1-7H3,(H,47,53)(H,49,52)/t36-,39+,42-/m1/s1. The van der Waals surface area contributed by atoms with Gasteiger partial charge in [0.25, 0.3) is 8.32 Å². The van der Waals surface area contributed by atoms with Crippen LogP contribution in [-0.2, 0) is 39.6 Å². The summed E-state index contributed by atoms with van der Waals surface area (Å²) in [5.74, 6) is -1.26. The predicted molar refractivity (Wildman–Crippen MR) is 238 cm³/mol. The Bertz CT molecular complexity index is 1930. The lowest BCUT2D eigenvalue weighted by atomic mass is 9.85. The number of likely N-dealkylation sites (tertiary alicyclic amines) is 1. The number of rotatable bonds is 20. The molecule has 3 amide bonds. The van der Waals surface area contributed by atoms with E-state index >= 15 is 0 Å². The number of β-amino-alcohol motifs (C(OH)–C–C–N with tert-alkyl or cyclic N) is 1. The first kappa shape index (κ1) is 46.8. The molecule has 0 radical (unpaired) electrons. The van der Waals surface area contributed by atoms with Crippen LogP contribution in [0.5, 0.6) is 0 Å². The maximum atomic E-state index is 13.9. The molecule has 1 fully saturated rings. The Hall–Kier alpha value is -4.28. The molecule has 3 atom stereocenters. The fourth-order valence-electron chi connectivity index (χ4n) is 7.60. The third kappa shape index (κ3) is 12.2. The molecule has 1 aromatic heterocycles. The second-order valence-electron chi connectivity index (χ2n) is 17.2. The van der Waals surface area contributed by atoms with Gasteiger partial charge in [0.2, 0.25) is 17.7 Å². The van der Waals surface area contributed by atoms with Crippen LogP contribution in [0, 0.1) is 12.3 Å². The molecule has 3 aromatic carbocycles. The van der Waals surface area contributed by atoms with E-state index in [1.54, 1.807) is 11.3 Å². The molecular formula is C46H62N4O8SSi. The molecule has 0 bridgehead atoms. The number of nitrogens with one attached hydrogen (secondary N) is 2. The number of carbonyl (C=O) groups is 3. The SMILES string of the molecule is Cc1ncsc1-c1ccc(CNC(=O)[C@@H]2C[C@@H](O)CN2C(=O)[C@@H](NC(=O)COCCOCCOCCO[Si](c2ccccc2)(c2ccccc2)C(C)(C)C)C(C)(C)C)cc1. The third-order valence-corrected chi connectivity index (χ3v) is 16.7. The van der Waals surface area contributed by atoms with E-state index in [4.69, 9.17) is 18.6 Å². The molecule has 5 rings (SSSR count). The number of benzene rings is 3. The molecule has 12 nitrogen and oxygen atoms in total. The van der Waals surface area contributed by atoms with E-state index in [9.17, 15) is 19.5 Å². The lowest BCUT2D eigenvalue weighted by molar-refractivity contribution is -0.144. The van der Waals surface area contributed by atoms with Gasteiger partial charge in [-0.1, -0.05) is 126 Å². The van der Waals surface area contributed by atoms with Crippen molar-refractivity contribution in [3.63, 3.8) is 0 Å². The number of aromatic nitrogens is 1. The van der Waals surface area contributed by atoms with Gasteiger partial charge in [0, 0.05) is 19.5 Å². The first-order valence-electron chi connectivity index (χ1n) is 20.6. The number of ether oxygens (including phenoxy) is 3. The molecular weight excluding hydrogens is 797 g/mol. The Morgan fingerprint density at radius 2 is 1.40 bits per heavy atom. The minimum atomic E-state index is -2.63. The van der Waals surface area contributed by atoms with Gasteiger partial charge in [-0.3, -0.25) is 14.4 Å². The smallest absolute Gasteiger partial charge is 0.261 e. The molecule has 1 aliphatic rings. The molecule has 324 valence electrons. The summed E-state index contributed by atoms with van der Waals surface area (Å²) < 4.78 is 24.0. The summed E-state index contributed by atoms with van der Waals surface area (Å²) in [6.07, 6.45) is -0.755. The lowest BCUT2D eigenvalue weighted by Gasteiger charge is -2.43.